The Balaban J connectivity index is 1.63. The van der Waals surface area contributed by atoms with Crippen molar-refractivity contribution in [1.29, 1.82) is 0 Å². The molecule has 0 bridgehead atoms. The van der Waals surface area contributed by atoms with Crippen molar-refractivity contribution in [2.24, 2.45) is 0 Å². The summed E-state index contributed by atoms with van der Waals surface area (Å²) in [5.74, 6) is 0.0768. The Hall–Kier alpha value is -3.66. The van der Waals surface area contributed by atoms with E-state index in [1.807, 2.05) is 39.0 Å². The Morgan fingerprint density at radius 2 is 1.58 bits per heavy atom. The van der Waals surface area contributed by atoms with E-state index in [1.54, 1.807) is 24.3 Å². The first-order valence-electron chi connectivity index (χ1n) is 10.4. The van der Waals surface area contributed by atoms with E-state index in [9.17, 15) is 14.4 Å². The molecule has 2 aromatic rings. The maximum absolute atomic E-state index is 12.0. The molecule has 10 heteroatoms. The monoisotopic (exact) mass is 472 g/mol. The largest absolute Gasteiger partial charge is 0.494 e. The van der Waals surface area contributed by atoms with Crippen LogP contribution in [0.2, 0.25) is 0 Å². The number of amides is 3. The Morgan fingerprint density at radius 3 is 2.27 bits per heavy atom. The fourth-order valence-corrected chi connectivity index (χ4v) is 2.81. The van der Waals surface area contributed by atoms with E-state index < -0.39 is 11.8 Å². The number of aryl methyl sites for hydroxylation is 2. The van der Waals surface area contributed by atoms with Gasteiger partial charge in [0, 0.05) is 18.5 Å². The van der Waals surface area contributed by atoms with Gasteiger partial charge in [0.2, 0.25) is 11.8 Å². The number of carbonyl (C=O) groups excluding carboxylic acids is 3. The standard InChI is InChI=1S/C23H28N4O5S/c1-4-31-18-9-7-17(8-10-18)24-20(28)11-12-21(29)26-27-23(33)25-22(30)14-32-19-13-15(2)5-6-16(19)3/h5-10,13H,4,11-12,14H2,1-3H3,(H,24,28)(H,26,29)(H2,25,27,30,33). The van der Waals surface area contributed by atoms with Crippen molar-refractivity contribution in [3.8, 4) is 11.5 Å². The van der Waals surface area contributed by atoms with Crippen molar-refractivity contribution < 1.29 is 23.9 Å². The van der Waals surface area contributed by atoms with Crippen LogP contribution in [0.5, 0.6) is 11.5 Å². The van der Waals surface area contributed by atoms with E-state index in [0.29, 0.717) is 23.8 Å². The first-order valence-corrected chi connectivity index (χ1v) is 10.8. The molecule has 4 N–H and O–H groups in total. The van der Waals surface area contributed by atoms with Gasteiger partial charge in [0.15, 0.2) is 11.7 Å². The summed E-state index contributed by atoms with van der Waals surface area (Å²) in [6.45, 7) is 6.03. The molecule has 2 rings (SSSR count). The number of rotatable bonds is 9. The quantitative estimate of drug-likeness (QED) is 0.327. The summed E-state index contributed by atoms with van der Waals surface area (Å²) in [6.07, 6.45) is -0.0916. The topological polar surface area (TPSA) is 118 Å². The second-order valence-corrected chi connectivity index (χ2v) is 7.52. The number of hydrazine groups is 1. The van der Waals surface area contributed by atoms with Gasteiger partial charge in [-0.3, -0.25) is 30.6 Å². The van der Waals surface area contributed by atoms with Crippen LogP contribution in [0, 0.1) is 13.8 Å². The van der Waals surface area contributed by atoms with E-state index in [0.717, 1.165) is 11.1 Å². The van der Waals surface area contributed by atoms with Crippen LogP contribution in [0.25, 0.3) is 0 Å². The molecule has 0 atom stereocenters. The second-order valence-electron chi connectivity index (χ2n) is 7.11. The molecular formula is C23H28N4O5S. The number of benzene rings is 2. The van der Waals surface area contributed by atoms with Crippen LogP contribution in [-0.2, 0) is 14.4 Å². The minimum Gasteiger partial charge on any atom is -0.494 e. The fraction of sp³-hybridized carbons (Fsp3) is 0.304. The third-order valence-electron chi connectivity index (χ3n) is 4.30. The lowest BCUT2D eigenvalue weighted by atomic mass is 10.1. The predicted octanol–water partition coefficient (Wildman–Crippen LogP) is 2.52. The van der Waals surface area contributed by atoms with Crippen LogP contribution in [-0.4, -0.2) is 36.0 Å². The molecule has 0 aromatic heterocycles. The number of hydrogen-bond donors (Lipinski definition) is 4. The van der Waals surface area contributed by atoms with Gasteiger partial charge in [-0.25, -0.2) is 0 Å². The summed E-state index contributed by atoms with van der Waals surface area (Å²) >= 11 is 4.97. The van der Waals surface area contributed by atoms with Crippen LogP contribution >= 0.6 is 12.2 Å². The zero-order valence-electron chi connectivity index (χ0n) is 18.8. The van der Waals surface area contributed by atoms with Crippen molar-refractivity contribution >= 4 is 40.7 Å². The molecule has 3 amide bonds. The molecule has 0 aliphatic heterocycles. The van der Waals surface area contributed by atoms with Gasteiger partial charge < -0.3 is 14.8 Å². The highest BCUT2D eigenvalue weighted by molar-refractivity contribution is 7.80. The van der Waals surface area contributed by atoms with Crippen LogP contribution in [0.4, 0.5) is 5.69 Å². The second kappa shape index (κ2) is 13.0. The molecule has 0 aliphatic rings. The first-order chi connectivity index (χ1) is 15.8. The fourth-order valence-electron chi connectivity index (χ4n) is 2.64. The smallest absolute Gasteiger partial charge is 0.264 e. The van der Waals surface area contributed by atoms with Gasteiger partial charge >= 0.3 is 0 Å². The normalized spacial score (nSPS) is 10.0. The zero-order chi connectivity index (χ0) is 24.2. The highest BCUT2D eigenvalue weighted by Crippen LogP contribution is 2.19. The summed E-state index contributed by atoms with van der Waals surface area (Å²) < 4.78 is 10.8. The van der Waals surface area contributed by atoms with Gasteiger partial charge in [0.25, 0.3) is 5.91 Å². The van der Waals surface area contributed by atoms with Crippen molar-refractivity contribution in [2.45, 2.75) is 33.6 Å². The molecule has 0 fully saturated rings. The maximum Gasteiger partial charge on any atom is 0.264 e. The maximum atomic E-state index is 12.0. The van der Waals surface area contributed by atoms with Crippen LogP contribution in [0.15, 0.2) is 42.5 Å². The van der Waals surface area contributed by atoms with E-state index in [4.69, 9.17) is 21.7 Å². The highest BCUT2D eigenvalue weighted by atomic mass is 32.1. The Labute approximate surface area is 198 Å². The van der Waals surface area contributed by atoms with Gasteiger partial charge in [-0.2, -0.15) is 0 Å². The van der Waals surface area contributed by atoms with Gasteiger partial charge in [-0.15, -0.1) is 0 Å². The first kappa shape index (κ1) is 25.6. The van der Waals surface area contributed by atoms with E-state index in [-0.39, 0.29) is 30.5 Å². The van der Waals surface area contributed by atoms with Gasteiger partial charge in [-0.05, 0) is 74.4 Å². The molecule has 0 aliphatic carbocycles. The molecule has 0 saturated heterocycles. The van der Waals surface area contributed by atoms with Crippen molar-refractivity contribution in [3.63, 3.8) is 0 Å². The highest BCUT2D eigenvalue weighted by Gasteiger charge is 2.10. The number of nitrogens with one attached hydrogen (secondary N) is 4. The minimum atomic E-state index is -0.475. The molecule has 0 saturated carbocycles. The lowest BCUT2D eigenvalue weighted by molar-refractivity contribution is -0.125. The Kier molecular flexibility index (Phi) is 10.1. The number of ether oxygens (including phenoxy) is 2. The van der Waals surface area contributed by atoms with Crippen molar-refractivity contribution in [1.82, 2.24) is 16.2 Å². The lowest BCUT2D eigenvalue weighted by Gasteiger charge is -2.12. The van der Waals surface area contributed by atoms with E-state index in [1.165, 1.54) is 0 Å². The molecule has 33 heavy (non-hydrogen) atoms. The molecule has 0 spiro atoms. The summed E-state index contributed by atoms with van der Waals surface area (Å²) in [5, 5.41) is 5.02. The number of carbonyl (C=O) groups is 3. The lowest BCUT2D eigenvalue weighted by Crippen LogP contribution is -2.49. The molecule has 9 nitrogen and oxygen atoms in total. The number of hydrogen-bond acceptors (Lipinski definition) is 6. The SMILES string of the molecule is CCOc1ccc(NC(=O)CCC(=O)NNC(=S)NC(=O)COc2cc(C)ccc2C)cc1. The van der Waals surface area contributed by atoms with Gasteiger partial charge in [-0.1, -0.05) is 12.1 Å². The number of thiocarbonyl (C=S) groups is 1. The molecule has 176 valence electrons. The van der Waals surface area contributed by atoms with E-state index >= 15 is 0 Å². The molecule has 0 radical (unpaired) electrons. The molecule has 0 heterocycles. The summed E-state index contributed by atoms with van der Waals surface area (Å²) in [6, 6.07) is 12.6. The van der Waals surface area contributed by atoms with Crippen LogP contribution in [0.3, 0.4) is 0 Å². The van der Waals surface area contributed by atoms with Crippen LogP contribution in [0.1, 0.15) is 30.9 Å². The third kappa shape index (κ3) is 9.56. The van der Waals surface area contributed by atoms with Crippen LogP contribution < -0.4 is 31.0 Å². The third-order valence-corrected chi connectivity index (χ3v) is 4.50. The van der Waals surface area contributed by atoms with Crippen molar-refractivity contribution in [3.05, 3.63) is 53.6 Å². The summed E-state index contributed by atoms with van der Waals surface area (Å²) in [4.78, 5) is 35.9. The average molecular weight is 473 g/mol. The molecule has 0 unspecified atom stereocenters. The van der Waals surface area contributed by atoms with Crippen molar-refractivity contribution in [2.75, 3.05) is 18.5 Å². The van der Waals surface area contributed by atoms with Gasteiger partial charge in [0.05, 0.1) is 6.61 Å². The Bertz CT molecular complexity index is 995. The molecule has 2 aromatic carbocycles. The predicted molar refractivity (Wildman–Crippen MR) is 129 cm³/mol. The van der Waals surface area contributed by atoms with E-state index in [2.05, 4.69) is 21.5 Å². The average Bonchev–Trinajstić information content (AvgIpc) is 2.78. The minimum absolute atomic E-state index is 0.0243. The van der Waals surface area contributed by atoms with Gasteiger partial charge in [0.1, 0.15) is 11.5 Å². The Morgan fingerprint density at radius 1 is 0.879 bits per heavy atom. The number of anilines is 1. The summed E-state index contributed by atoms with van der Waals surface area (Å²) in [7, 11) is 0. The zero-order valence-corrected chi connectivity index (χ0v) is 19.6. The summed E-state index contributed by atoms with van der Waals surface area (Å²) in [5.41, 5.74) is 7.29. The molecular weight excluding hydrogens is 444 g/mol.